The van der Waals surface area contributed by atoms with Crippen LogP contribution >= 0.6 is 11.8 Å². The van der Waals surface area contributed by atoms with Gasteiger partial charge in [0.15, 0.2) is 5.16 Å². The van der Waals surface area contributed by atoms with E-state index in [0.29, 0.717) is 22.7 Å². The predicted octanol–water partition coefficient (Wildman–Crippen LogP) is 5.17. The first-order chi connectivity index (χ1) is 17.0. The van der Waals surface area contributed by atoms with Crippen LogP contribution in [0.3, 0.4) is 0 Å². The standard InChI is InChI=1S/C28H24N4O2S/c1-17-13-18(2)15-20(14-17)32-27(34)26-25(21-8-4-5-9-22(21)29-26)30-28(32)35-16-24(33)31-12-11-19-7-3-6-10-23(19)31/h3-10,13-15,29H,11-12,16H2,1-2H3. The zero-order valence-corrected chi connectivity index (χ0v) is 20.4. The Hall–Kier alpha value is -3.84. The molecule has 1 amide bonds. The molecule has 6 rings (SSSR count). The number of amides is 1. The van der Waals surface area contributed by atoms with E-state index in [9.17, 15) is 9.59 Å². The summed E-state index contributed by atoms with van der Waals surface area (Å²) in [5.41, 5.74) is 6.84. The molecule has 3 aromatic carbocycles. The maximum atomic E-state index is 13.8. The predicted molar refractivity (Wildman–Crippen MR) is 142 cm³/mol. The first kappa shape index (κ1) is 21.7. The number of para-hydroxylation sites is 2. The molecular weight excluding hydrogens is 456 g/mol. The summed E-state index contributed by atoms with van der Waals surface area (Å²) in [6.07, 6.45) is 0.861. The quantitative estimate of drug-likeness (QED) is 0.285. The molecule has 1 aliphatic rings. The Balaban J connectivity index is 1.45. The molecule has 0 spiro atoms. The van der Waals surface area contributed by atoms with Crippen molar-refractivity contribution in [2.24, 2.45) is 0 Å². The lowest BCUT2D eigenvalue weighted by Crippen LogP contribution is -2.31. The van der Waals surface area contributed by atoms with E-state index in [4.69, 9.17) is 4.98 Å². The monoisotopic (exact) mass is 480 g/mol. The zero-order chi connectivity index (χ0) is 24.1. The fraction of sp³-hybridized carbons (Fsp3) is 0.179. The SMILES string of the molecule is Cc1cc(C)cc(-n2c(SCC(=O)N3CCc4ccccc43)nc3c([nH]c4ccccc43)c2=O)c1. The van der Waals surface area contributed by atoms with Crippen molar-refractivity contribution in [3.63, 3.8) is 0 Å². The fourth-order valence-electron chi connectivity index (χ4n) is 4.95. The molecular formula is C28H24N4O2S. The van der Waals surface area contributed by atoms with Crippen molar-refractivity contribution in [1.82, 2.24) is 14.5 Å². The first-order valence-corrected chi connectivity index (χ1v) is 12.6. The number of carbonyl (C=O) groups excluding carboxylic acids is 1. The second-order valence-electron chi connectivity index (χ2n) is 8.99. The highest BCUT2D eigenvalue weighted by molar-refractivity contribution is 7.99. The highest BCUT2D eigenvalue weighted by Gasteiger charge is 2.25. The number of thioether (sulfide) groups is 1. The third kappa shape index (κ3) is 3.72. The number of aromatic amines is 1. The molecule has 1 N–H and O–H groups in total. The van der Waals surface area contributed by atoms with Gasteiger partial charge in [0.1, 0.15) is 11.0 Å². The summed E-state index contributed by atoms with van der Waals surface area (Å²) in [7, 11) is 0. The number of hydrogen-bond donors (Lipinski definition) is 1. The van der Waals surface area contributed by atoms with Crippen LogP contribution in [0, 0.1) is 13.8 Å². The van der Waals surface area contributed by atoms with Crippen molar-refractivity contribution in [2.45, 2.75) is 25.4 Å². The highest BCUT2D eigenvalue weighted by Crippen LogP contribution is 2.30. The number of fused-ring (bicyclic) bond motifs is 4. The number of nitrogens with one attached hydrogen (secondary N) is 1. The van der Waals surface area contributed by atoms with Crippen LogP contribution in [-0.2, 0) is 11.2 Å². The normalized spacial score (nSPS) is 13.0. The number of nitrogens with zero attached hydrogens (tertiary/aromatic N) is 3. The second-order valence-corrected chi connectivity index (χ2v) is 9.93. The van der Waals surface area contributed by atoms with Crippen molar-refractivity contribution in [2.75, 3.05) is 17.2 Å². The molecule has 0 saturated heterocycles. The Morgan fingerprint density at radius 3 is 2.60 bits per heavy atom. The summed E-state index contributed by atoms with van der Waals surface area (Å²) in [4.78, 5) is 37.0. The number of hydrogen-bond acceptors (Lipinski definition) is 4. The van der Waals surface area contributed by atoms with E-state index in [1.807, 2.05) is 73.3 Å². The largest absolute Gasteiger partial charge is 0.349 e. The Morgan fingerprint density at radius 1 is 1.03 bits per heavy atom. The Labute approximate surface area is 206 Å². The minimum atomic E-state index is -0.169. The summed E-state index contributed by atoms with van der Waals surface area (Å²) in [5, 5.41) is 1.41. The lowest BCUT2D eigenvalue weighted by atomic mass is 10.1. The van der Waals surface area contributed by atoms with Gasteiger partial charge in [0, 0.05) is 23.1 Å². The molecule has 3 heterocycles. The molecule has 2 aromatic heterocycles. The van der Waals surface area contributed by atoms with Gasteiger partial charge in [-0.05, 0) is 61.2 Å². The summed E-state index contributed by atoms with van der Waals surface area (Å²) in [5.74, 6) is 0.208. The molecule has 0 aliphatic carbocycles. The number of carbonyl (C=O) groups is 1. The molecule has 5 aromatic rings. The molecule has 0 radical (unpaired) electrons. The van der Waals surface area contributed by atoms with Crippen LogP contribution in [0.5, 0.6) is 0 Å². The third-order valence-electron chi connectivity index (χ3n) is 6.47. The molecule has 0 unspecified atom stereocenters. The molecule has 6 nitrogen and oxygen atoms in total. The van der Waals surface area contributed by atoms with E-state index in [1.54, 1.807) is 4.57 Å². The molecule has 174 valence electrons. The van der Waals surface area contributed by atoms with Gasteiger partial charge in [-0.15, -0.1) is 0 Å². The van der Waals surface area contributed by atoms with E-state index >= 15 is 0 Å². The molecule has 0 saturated carbocycles. The molecule has 35 heavy (non-hydrogen) atoms. The van der Waals surface area contributed by atoms with Crippen LogP contribution in [0.1, 0.15) is 16.7 Å². The number of H-pyrrole nitrogens is 1. The lowest BCUT2D eigenvalue weighted by Gasteiger charge is -2.18. The summed E-state index contributed by atoms with van der Waals surface area (Å²) in [6.45, 7) is 4.70. The highest BCUT2D eigenvalue weighted by atomic mass is 32.2. The van der Waals surface area contributed by atoms with E-state index in [-0.39, 0.29) is 17.2 Å². The molecule has 7 heteroatoms. The van der Waals surface area contributed by atoms with E-state index < -0.39 is 0 Å². The van der Waals surface area contributed by atoms with Gasteiger partial charge < -0.3 is 9.88 Å². The molecule has 0 bridgehead atoms. The summed E-state index contributed by atoms with van der Waals surface area (Å²) < 4.78 is 1.63. The van der Waals surface area contributed by atoms with E-state index in [0.717, 1.165) is 39.8 Å². The van der Waals surface area contributed by atoms with Crippen molar-refractivity contribution in [3.05, 3.63) is 93.8 Å². The Morgan fingerprint density at radius 2 is 1.77 bits per heavy atom. The Bertz CT molecular complexity index is 1660. The van der Waals surface area contributed by atoms with Crippen molar-refractivity contribution in [1.29, 1.82) is 0 Å². The van der Waals surface area contributed by atoms with Crippen LogP contribution < -0.4 is 10.5 Å². The van der Waals surface area contributed by atoms with Crippen LogP contribution in [0.4, 0.5) is 5.69 Å². The smallest absolute Gasteiger partial charge is 0.283 e. The Kier molecular flexibility index (Phi) is 5.22. The molecule has 0 fully saturated rings. The topological polar surface area (TPSA) is 71.0 Å². The maximum Gasteiger partial charge on any atom is 0.283 e. The number of benzene rings is 3. The van der Waals surface area contributed by atoms with Crippen molar-refractivity contribution >= 4 is 45.3 Å². The van der Waals surface area contributed by atoms with Crippen molar-refractivity contribution < 1.29 is 4.79 Å². The minimum Gasteiger partial charge on any atom is -0.349 e. The molecule has 0 atom stereocenters. The van der Waals surface area contributed by atoms with Gasteiger partial charge in [0.05, 0.1) is 11.4 Å². The zero-order valence-electron chi connectivity index (χ0n) is 19.5. The lowest BCUT2D eigenvalue weighted by molar-refractivity contribution is -0.116. The van der Waals surface area contributed by atoms with Crippen LogP contribution in [-0.4, -0.2) is 32.7 Å². The van der Waals surface area contributed by atoms with E-state index in [1.165, 1.54) is 17.3 Å². The second kappa shape index (κ2) is 8.43. The maximum absolute atomic E-state index is 13.8. The summed E-state index contributed by atoms with van der Waals surface area (Å²) in [6, 6.07) is 21.8. The van der Waals surface area contributed by atoms with Gasteiger partial charge in [-0.3, -0.25) is 14.2 Å². The van der Waals surface area contributed by atoms with Gasteiger partial charge in [-0.1, -0.05) is 54.2 Å². The van der Waals surface area contributed by atoms with Crippen LogP contribution in [0.15, 0.2) is 76.7 Å². The molecule has 1 aliphatic heterocycles. The third-order valence-corrected chi connectivity index (χ3v) is 7.40. The van der Waals surface area contributed by atoms with Gasteiger partial charge in [0.25, 0.3) is 5.56 Å². The number of rotatable bonds is 4. The van der Waals surface area contributed by atoms with Gasteiger partial charge in [-0.25, -0.2) is 4.98 Å². The van der Waals surface area contributed by atoms with Crippen molar-refractivity contribution in [3.8, 4) is 5.69 Å². The van der Waals surface area contributed by atoms with Crippen LogP contribution in [0.2, 0.25) is 0 Å². The van der Waals surface area contributed by atoms with E-state index in [2.05, 4.69) is 17.1 Å². The fourth-order valence-corrected chi connectivity index (χ4v) is 5.83. The number of anilines is 1. The minimum absolute atomic E-state index is 0.0141. The number of aromatic nitrogens is 3. The van der Waals surface area contributed by atoms with Gasteiger partial charge in [0.2, 0.25) is 5.91 Å². The van der Waals surface area contributed by atoms with Gasteiger partial charge >= 0.3 is 0 Å². The summed E-state index contributed by atoms with van der Waals surface area (Å²) >= 11 is 1.31. The average molecular weight is 481 g/mol. The number of aryl methyl sites for hydroxylation is 2. The average Bonchev–Trinajstić information content (AvgIpc) is 3.44. The van der Waals surface area contributed by atoms with Gasteiger partial charge in [-0.2, -0.15) is 0 Å². The first-order valence-electron chi connectivity index (χ1n) is 11.6. The van der Waals surface area contributed by atoms with Crippen LogP contribution in [0.25, 0.3) is 27.6 Å².